The van der Waals surface area contributed by atoms with Crippen LogP contribution in [0.25, 0.3) is 11.1 Å². The molecule has 2 rings (SSSR count). The number of hydrogen-bond acceptors (Lipinski definition) is 0. The molecule has 106 valence electrons. The second-order valence-corrected chi connectivity index (χ2v) is 5.33. The highest BCUT2D eigenvalue weighted by Gasteiger charge is 2.03. The summed E-state index contributed by atoms with van der Waals surface area (Å²) in [6, 6.07) is 8.83. The largest absolute Gasteiger partial charge is 0.103 e. The van der Waals surface area contributed by atoms with Crippen molar-refractivity contribution in [3.8, 4) is 11.8 Å². The number of hydrogen-bond donors (Lipinski definition) is 0. The Balaban J connectivity index is 2.16. The van der Waals surface area contributed by atoms with Gasteiger partial charge in [-0.15, -0.1) is 5.92 Å². The summed E-state index contributed by atoms with van der Waals surface area (Å²) in [6.07, 6.45) is 11.3. The Labute approximate surface area is 128 Å². The van der Waals surface area contributed by atoms with Crippen LogP contribution in [0, 0.1) is 11.8 Å². The molecule has 1 aliphatic carbocycles. The van der Waals surface area contributed by atoms with Crippen molar-refractivity contribution in [2.45, 2.75) is 33.1 Å². The number of rotatable bonds is 4. The molecule has 0 aromatic heterocycles. The average molecular weight is 274 g/mol. The molecule has 0 saturated carbocycles. The van der Waals surface area contributed by atoms with Gasteiger partial charge in [0.15, 0.2) is 0 Å². The van der Waals surface area contributed by atoms with E-state index in [1.165, 1.54) is 27.8 Å². The molecule has 0 amide bonds. The molecule has 0 heterocycles. The van der Waals surface area contributed by atoms with Gasteiger partial charge in [-0.05, 0) is 42.5 Å². The Hall–Kier alpha value is -2.26. The molecule has 1 aromatic carbocycles. The van der Waals surface area contributed by atoms with E-state index in [1.807, 2.05) is 6.08 Å². The van der Waals surface area contributed by atoms with Gasteiger partial charge < -0.3 is 0 Å². The second-order valence-electron chi connectivity index (χ2n) is 5.33. The second kappa shape index (κ2) is 7.50. The first-order valence-electron chi connectivity index (χ1n) is 7.44. The van der Waals surface area contributed by atoms with Gasteiger partial charge in [0.05, 0.1) is 0 Å². The van der Waals surface area contributed by atoms with E-state index in [9.17, 15) is 0 Å². The quantitative estimate of drug-likeness (QED) is 0.481. The lowest BCUT2D eigenvalue weighted by Crippen LogP contribution is -1.86. The molecular formula is C21H22. The maximum atomic E-state index is 3.77. The summed E-state index contributed by atoms with van der Waals surface area (Å²) in [5.41, 5.74) is 6.42. The van der Waals surface area contributed by atoms with Crippen LogP contribution in [-0.4, -0.2) is 0 Å². The summed E-state index contributed by atoms with van der Waals surface area (Å²) >= 11 is 0. The first kappa shape index (κ1) is 15.1. The molecule has 0 radical (unpaired) electrons. The van der Waals surface area contributed by atoms with Gasteiger partial charge in [0, 0.05) is 12.8 Å². The Morgan fingerprint density at radius 3 is 2.57 bits per heavy atom. The molecule has 0 N–H and O–H groups in total. The van der Waals surface area contributed by atoms with Crippen molar-refractivity contribution < 1.29 is 0 Å². The summed E-state index contributed by atoms with van der Waals surface area (Å²) < 4.78 is 0. The van der Waals surface area contributed by atoms with E-state index >= 15 is 0 Å². The van der Waals surface area contributed by atoms with Crippen LogP contribution in [0.1, 0.15) is 44.2 Å². The zero-order chi connectivity index (χ0) is 15.1. The lowest BCUT2D eigenvalue weighted by Gasteiger charge is -2.07. The van der Waals surface area contributed by atoms with Crippen LogP contribution in [-0.2, 0) is 0 Å². The number of allylic oxidation sites excluding steroid dienone is 7. The smallest absolute Gasteiger partial charge is 0.0275 e. The number of benzene rings is 1. The molecule has 0 aliphatic heterocycles. The molecule has 0 nitrogen and oxygen atoms in total. The third kappa shape index (κ3) is 4.36. The van der Waals surface area contributed by atoms with Gasteiger partial charge >= 0.3 is 0 Å². The topological polar surface area (TPSA) is 0 Å². The van der Waals surface area contributed by atoms with Crippen LogP contribution in [0.4, 0.5) is 0 Å². The van der Waals surface area contributed by atoms with Crippen LogP contribution in [0.3, 0.4) is 0 Å². The zero-order valence-electron chi connectivity index (χ0n) is 12.9. The molecule has 1 aromatic rings. The molecule has 0 spiro atoms. The lowest BCUT2D eigenvalue weighted by molar-refractivity contribution is 1.11. The first-order chi connectivity index (χ1) is 10.2. The van der Waals surface area contributed by atoms with Crippen molar-refractivity contribution in [2.24, 2.45) is 0 Å². The maximum absolute atomic E-state index is 3.77. The highest BCUT2D eigenvalue weighted by molar-refractivity contribution is 5.71. The fourth-order valence-electron chi connectivity index (χ4n) is 2.26. The highest BCUT2D eigenvalue weighted by atomic mass is 14.1. The van der Waals surface area contributed by atoms with Crippen molar-refractivity contribution in [3.63, 3.8) is 0 Å². The molecule has 0 saturated heterocycles. The Morgan fingerprint density at radius 2 is 1.86 bits per heavy atom. The first-order valence-corrected chi connectivity index (χ1v) is 7.44. The summed E-state index contributed by atoms with van der Waals surface area (Å²) in [7, 11) is 0. The maximum Gasteiger partial charge on any atom is 0.0275 e. The van der Waals surface area contributed by atoms with E-state index in [-0.39, 0.29) is 0 Å². The summed E-state index contributed by atoms with van der Waals surface area (Å²) in [4.78, 5) is 0. The van der Waals surface area contributed by atoms with E-state index in [4.69, 9.17) is 0 Å². The summed E-state index contributed by atoms with van der Waals surface area (Å²) in [6.45, 7) is 7.96. The van der Waals surface area contributed by atoms with Gasteiger partial charge in [-0.25, -0.2) is 0 Å². The van der Waals surface area contributed by atoms with Gasteiger partial charge in [-0.3, -0.25) is 0 Å². The van der Waals surface area contributed by atoms with E-state index in [2.05, 4.69) is 74.8 Å². The Morgan fingerprint density at radius 1 is 1.10 bits per heavy atom. The average Bonchev–Trinajstić information content (AvgIpc) is 2.81. The van der Waals surface area contributed by atoms with E-state index in [1.54, 1.807) is 0 Å². The van der Waals surface area contributed by atoms with Crippen molar-refractivity contribution in [1.82, 2.24) is 0 Å². The summed E-state index contributed by atoms with van der Waals surface area (Å²) in [5.74, 6) is 6.34. The van der Waals surface area contributed by atoms with E-state index in [0.29, 0.717) is 0 Å². The molecule has 21 heavy (non-hydrogen) atoms. The van der Waals surface area contributed by atoms with Gasteiger partial charge in [0.25, 0.3) is 0 Å². The molecular weight excluding hydrogens is 252 g/mol. The predicted molar refractivity (Wildman–Crippen MR) is 93.7 cm³/mol. The molecule has 1 aliphatic rings. The molecule has 0 heteroatoms. The van der Waals surface area contributed by atoms with E-state index < -0.39 is 0 Å². The van der Waals surface area contributed by atoms with Crippen molar-refractivity contribution >= 4 is 11.1 Å². The van der Waals surface area contributed by atoms with Gasteiger partial charge in [-0.1, -0.05) is 66.6 Å². The van der Waals surface area contributed by atoms with Crippen LogP contribution in [0.5, 0.6) is 0 Å². The SMILES string of the molecule is C=C/C(C)=C\C=C(/C)c1ccc(C2=CCC#CCC2)cc1. The van der Waals surface area contributed by atoms with E-state index in [0.717, 1.165) is 19.3 Å². The minimum atomic E-state index is 0.877. The monoisotopic (exact) mass is 274 g/mol. The lowest BCUT2D eigenvalue weighted by atomic mass is 9.98. The van der Waals surface area contributed by atoms with Crippen LogP contribution < -0.4 is 0 Å². The van der Waals surface area contributed by atoms with Gasteiger partial charge in [0.2, 0.25) is 0 Å². The van der Waals surface area contributed by atoms with Crippen LogP contribution in [0.2, 0.25) is 0 Å². The standard InChI is InChI=1S/C21H22/c1-4-17(2)11-12-18(3)19-13-15-21(16-14-19)20-9-7-5-6-8-10-20/h4,9,11-16H,1,7-8,10H2,2-3H3/b17-11-,18-12+. The minimum absolute atomic E-state index is 0.877. The predicted octanol–water partition coefficient (Wildman–Crippen LogP) is 5.79. The Bertz CT molecular complexity index is 652. The minimum Gasteiger partial charge on any atom is -0.103 e. The Kier molecular flexibility index (Phi) is 5.41. The molecule has 0 fully saturated rings. The molecule has 0 bridgehead atoms. The molecule has 0 unspecified atom stereocenters. The third-order valence-corrected chi connectivity index (χ3v) is 3.72. The molecule has 0 atom stereocenters. The summed E-state index contributed by atoms with van der Waals surface area (Å²) in [5, 5.41) is 0. The van der Waals surface area contributed by atoms with Crippen LogP contribution >= 0.6 is 0 Å². The van der Waals surface area contributed by atoms with Crippen molar-refractivity contribution in [1.29, 1.82) is 0 Å². The highest BCUT2D eigenvalue weighted by Crippen LogP contribution is 2.24. The fraction of sp³-hybridized carbons (Fsp3) is 0.238. The zero-order valence-corrected chi connectivity index (χ0v) is 12.9. The van der Waals surface area contributed by atoms with Crippen LogP contribution in [0.15, 0.2) is 60.7 Å². The van der Waals surface area contributed by atoms with Crippen molar-refractivity contribution in [3.05, 3.63) is 71.8 Å². The van der Waals surface area contributed by atoms with Gasteiger partial charge in [0.1, 0.15) is 0 Å². The normalized spacial score (nSPS) is 15.6. The van der Waals surface area contributed by atoms with Crippen molar-refractivity contribution in [2.75, 3.05) is 0 Å². The fourth-order valence-corrected chi connectivity index (χ4v) is 2.26. The van der Waals surface area contributed by atoms with Gasteiger partial charge in [-0.2, -0.15) is 0 Å². The third-order valence-electron chi connectivity index (χ3n) is 3.72.